The Morgan fingerprint density at radius 2 is 0.750 bits per heavy atom. The van der Waals surface area contributed by atoms with E-state index in [1.54, 1.807) is 0 Å². The number of methoxy groups -OCH3 is 6. The van der Waals surface area contributed by atoms with E-state index < -0.39 is 35.0 Å². The normalized spacial score (nSPS) is 10.2. The highest BCUT2D eigenvalue weighted by molar-refractivity contribution is 6.16. The molecule has 0 aromatic heterocycles. The van der Waals surface area contributed by atoms with Crippen LogP contribution in [0.4, 0.5) is 0 Å². The molecule has 0 saturated heterocycles. The van der Waals surface area contributed by atoms with Crippen LogP contribution in [0.25, 0.3) is 0 Å². The molecule has 0 N–H and O–H groups in total. The van der Waals surface area contributed by atoms with Crippen molar-refractivity contribution in [2.45, 2.75) is 13.2 Å². The lowest BCUT2D eigenvalue weighted by Gasteiger charge is -2.22. The maximum absolute atomic E-state index is 12.5. The third-order valence-corrected chi connectivity index (χ3v) is 3.85. The van der Waals surface area contributed by atoms with Crippen LogP contribution in [0.3, 0.4) is 0 Å². The van der Waals surface area contributed by atoms with E-state index in [2.05, 4.69) is 0 Å². The fourth-order valence-electron chi connectivity index (χ4n) is 2.73. The van der Waals surface area contributed by atoms with Crippen LogP contribution in [-0.4, -0.2) is 66.5 Å². The van der Waals surface area contributed by atoms with Crippen LogP contribution in [0.2, 0.25) is 0 Å². The highest BCUT2D eigenvalue weighted by Crippen LogP contribution is 2.32. The molecule has 0 saturated carbocycles. The number of hydrogen-bond donors (Lipinski definition) is 0. The minimum Gasteiger partial charge on any atom is -0.465 e. The topological polar surface area (TPSA) is 124 Å². The van der Waals surface area contributed by atoms with Gasteiger partial charge in [-0.15, -0.1) is 0 Å². The smallest absolute Gasteiger partial charge is 0.339 e. The van der Waals surface area contributed by atoms with E-state index in [0.717, 1.165) is 28.4 Å². The molecular weight excluding hydrogens is 376 g/mol. The largest absolute Gasteiger partial charge is 0.465 e. The van der Waals surface area contributed by atoms with Crippen LogP contribution in [0.5, 0.6) is 0 Å². The van der Waals surface area contributed by atoms with E-state index in [4.69, 9.17) is 28.4 Å². The number of carbonyl (C=O) groups is 4. The first-order valence-electron chi connectivity index (χ1n) is 7.87. The number of ether oxygens (including phenoxy) is 6. The molecule has 0 amide bonds. The molecule has 1 aromatic carbocycles. The van der Waals surface area contributed by atoms with Crippen molar-refractivity contribution in [1.29, 1.82) is 0 Å². The summed E-state index contributed by atoms with van der Waals surface area (Å²) in [6.45, 7) is -0.392. The third-order valence-electron chi connectivity index (χ3n) is 3.85. The first-order valence-corrected chi connectivity index (χ1v) is 7.87. The van der Waals surface area contributed by atoms with E-state index in [1.165, 1.54) is 14.2 Å². The fraction of sp³-hybridized carbons (Fsp3) is 0.444. The third kappa shape index (κ3) is 4.29. The van der Waals surface area contributed by atoms with Gasteiger partial charge in [-0.2, -0.15) is 0 Å². The molecule has 0 heterocycles. The maximum atomic E-state index is 12.5. The molecule has 28 heavy (non-hydrogen) atoms. The van der Waals surface area contributed by atoms with Crippen LogP contribution in [0.15, 0.2) is 0 Å². The molecule has 0 aliphatic heterocycles. The summed E-state index contributed by atoms with van der Waals surface area (Å²) in [6, 6.07) is 0. The lowest BCUT2D eigenvalue weighted by Crippen LogP contribution is -2.27. The zero-order valence-corrected chi connectivity index (χ0v) is 16.5. The van der Waals surface area contributed by atoms with Gasteiger partial charge in [0.2, 0.25) is 0 Å². The first-order chi connectivity index (χ1) is 13.3. The fourth-order valence-corrected chi connectivity index (χ4v) is 2.73. The molecule has 1 rings (SSSR count). The second kappa shape index (κ2) is 10.4. The average Bonchev–Trinajstić information content (AvgIpc) is 2.71. The summed E-state index contributed by atoms with van der Waals surface area (Å²) in [6.07, 6.45) is 0. The molecular formula is C18H22O10. The molecule has 0 atom stereocenters. The van der Waals surface area contributed by atoms with Crippen molar-refractivity contribution in [1.82, 2.24) is 0 Å². The van der Waals surface area contributed by atoms with Gasteiger partial charge in [0.15, 0.2) is 0 Å². The summed E-state index contributed by atoms with van der Waals surface area (Å²) in [4.78, 5) is 50.1. The van der Waals surface area contributed by atoms with Crippen LogP contribution in [-0.2, 0) is 41.6 Å². The summed E-state index contributed by atoms with van der Waals surface area (Å²) in [5, 5.41) is 0. The molecule has 0 aliphatic rings. The number of esters is 4. The van der Waals surface area contributed by atoms with Gasteiger partial charge in [0.1, 0.15) is 0 Å². The molecule has 0 fully saturated rings. The van der Waals surface area contributed by atoms with Gasteiger partial charge in [0, 0.05) is 14.2 Å². The van der Waals surface area contributed by atoms with Crippen molar-refractivity contribution in [2.24, 2.45) is 0 Å². The Hall–Kier alpha value is -2.98. The highest BCUT2D eigenvalue weighted by atomic mass is 16.5. The van der Waals surface area contributed by atoms with Crippen molar-refractivity contribution in [2.75, 3.05) is 42.7 Å². The summed E-state index contributed by atoms with van der Waals surface area (Å²) < 4.78 is 29.3. The van der Waals surface area contributed by atoms with Gasteiger partial charge in [-0.3, -0.25) is 0 Å². The van der Waals surface area contributed by atoms with Gasteiger partial charge in [0.25, 0.3) is 0 Å². The van der Waals surface area contributed by atoms with Crippen LogP contribution < -0.4 is 0 Å². The predicted molar refractivity (Wildman–Crippen MR) is 93.2 cm³/mol. The standard InChI is InChI=1S/C18H22O10/c1-23-7-9-10(8-24-2)12(16(20)26-4)14(18(22)28-6)13(17(21)27-5)11(9)15(19)25-3/h7-8H2,1-6H3. The quantitative estimate of drug-likeness (QED) is 0.465. The molecule has 154 valence electrons. The van der Waals surface area contributed by atoms with Crippen LogP contribution in [0, 0.1) is 0 Å². The Balaban J connectivity index is 4.33. The van der Waals surface area contributed by atoms with E-state index in [-0.39, 0.29) is 35.5 Å². The minimum atomic E-state index is -1.05. The van der Waals surface area contributed by atoms with Gasteiger partial charge in [0.05, 0.1) is 63.9 Å². The molecule has 1 aromatic rings. The molecule has 10 heteroatoms. The van der Waals surface area contributed by atoms with Gasteiger partial charge in [-0.25, -0.2) is 19.2 Å². The minimum absolute atomic E-state index is 0.115. The Morgan fingerprint density at radius 3 is 0.964 bits per heavy atom. The Labute approximate surface area is 161 Å². The van der Waals surface area contributed by atoms with Gasteiger partial charge >= 0.3 is 23.9 Å². The first kappa shape index (κ1) is 23.1. The zero-order chi connectivity index (χ0) is 21.4. The number of benzene rings is 1. The van der Waals surface area contributed by atoms with Crippen molar-refractivity contribution < 1.29 is 47.6 Å². The number of rotatable bonds is 8. The Bertz CT molecular complexity index is 716. The van der Waals surface area contributed by atoms with Crippen molar-refractivity contribution in [3.8, 4) is 0 Å². The summed E-state index contributed by atoms with van der Waals surface area (Å²) in [5.74, 6) is -3.97. The molecule has 0 radical (unpaired) electrons. The molecule has 10 nitrogen and oxygen atoms in total. The second-order valence-electron chi connectivity index (χ2n) is 5.29. The second-order valence-corrected chi connectivity index (χ2v) is 5.29. The monoisotopic (exact) mass is 398 g/mol. The van der Waals surface area contributed by atoms with Gasteiger partial charge < -0.3 is 28.4 Å². The number of hydrogen-bond acceptors (Lipinski definition) is 10. The average molecular weight is 398 g/mol. The van der Waals surface area contributed by atoms with E-state index in [9.17, 15) is 19.2 Å². The molecule has 0 unspecified atom stereocenters. The number of carbonyl (C=O) groups excluding carboxylic acids is 4. The van der Waals surface area contributed by atoms with Gasteiger partial charge in [-0.05, 0) is 11.1 Å². The Kier molecular flexibility index (Phi) is 8.55. The van der Waals surface area contributed by atoms with Crippen LogP contribution in [0.1, 0.15) is 52.6 Å². The van der Waals surface area contributed by atoms with E-state index >= 15 is 0 Å². The molecule has 0 aliphatic carbocycles. The maximum Gasteiger partial charge on any atom is 0.339 e. The Morgan fingerprint density at radius 1 is 0.500 bits per heavy atom. The summed E-state index contributed by atoms with van der Waals surface area (Å²) >= 11 is 0. The molecule has 0 bridgehead atoms. The lowest BCUT2D eigenvalue weighted by molar-refractivity contribution is 0.0515. The van der Waals surface area contributed by atoms with E-state index in [1.807, 2.05) is 0 Å². The SMILES string of the molecule is COCc1c(COC)c(C(=O)OC)c(C(=O)OC)c(C(=O)OC)c1C(=O)OC. The highest BCUT2D eigenvalue weighted by Gasteiger charge is 2.37. The van der Waals surface area contributed by atoms with Crippen molar-refractivity contribution in [3.05, 3.63) is 33.4 Å². The van der Waals surface area contributed by atoms with Gasteiger partial charge in [-0.1, -0.05) is 0 Å². The lowest BCUT2D eigenvalue weighted by atomic mass is 9.86. The van der Waals surface area contributed by atoms with Crippen molar-refractivity contribution in [3.63, 3.8) is 0 Å². The van der Waals surface area contributed by atoms with Crippen molar-refractivity contribution >= 4 is 23.9 Å². The predicted octanol–water partition coefficient (Wildman–Crippen LogP) is 1.13. The summed E-state index contributed by atoms with van der Waals surface area (Å²) in [7, 11) is 7.01. The van der Waals surface area contributed by atoms with Crippen LogP contribution >= 0.6 is 0 Å². The molecule has 0 spiro atoms. The summed E-state index contributed by atoms with van der Waals surface area (Å²) in [5.41, 5.74) is -1.34. The van der Waals surface area contributed by atoms with E-state index in [0.29, 0.717) is 0 Å². The zero-order valence-electron chi connectivity index (χ0n) is 16.5.